The number of rotatable bonds is 2. The van der Waals surface area contributed by atoms with Crippen LogP contribution in [0.2, 0.25) is 0 Å². The van der Waals surface area contributed by atoms with Crippen LogP contribution < -0.4 is 10.1 Å². The van der Waals surface area contributed by atoms with E-state index in [1.165, 1.54) is 5.56 Å². The van der Waals surface area contributed by atoms with Gasteiger partial charge >= 0.3 is 6.03 Å². The van der Waals surface area contributed by atoms with Crippen molar-refractivity contribution in [2.45, 2.75) is 18.9 Å². The van der Waals surface area contributed by atoms with E-state index in [1.807, 2.05) is 24.3 Å². The SMILES string of the molecule is O=C1CCN(CC2Cc3ccccc3O2)C(=O)N1. The minimum atomic E-state index is -0.314. The second kappa shape index (κ2) is 4.33. The van der Waals surface area contributed by atoms with Gasteiger partial charge < -0.3 is 9.64 Å². The molecule has 1 aromatic rings. The van der Waals surface area contributed by atoms with Gasteiger partial charge in [0.15, 0.2) is 0 Å². The number of imide groups is 1. The van der Waals surface area contributed by atoms with Gasteiger partial charge in [0.05, 0.1) is 6.54 Å². The number of urea groups is 1. The van der Waals surface area contributed by atoms with Crippen molar-refractivity contribution >= 4 is 11.9 Å². The Bertz CT molecular complexity index is 476. The Kier molecular flexibility index (Phi) is 2.66. The highest BCUT2D eigenvalue weighted by atomic mass is 16.5. The van der Waals surface area contributed by atoms with Crippen LogP contribution in [0.25, 0.3) is 0 Å². The lowest BCUT2D eigenvalue weighted by molar-refractivity contribution is -0.121. The van der Waals surface area contributed by atoms with Crippen LogP contribution in [-0.4, -0.2) is 36.0 Å². The first-order valence-corrected chi connectivity index (χ1v) is 6.06. The lowest BCUT2D eigenvalue weighted by atomic mass is 10.1. The molecule has 5 nitrogen and oxygen atoms in total. The molecule has 94 valence electrons. The summed E-state index contributed by atoms with van der Waals surface area (Å²) in [5.74, 6) is 0.697. The number of para-hydroxylation sites is 1. The summed E-state index contributed by atoms with van der Waals surface area (Å²) in [6.07, 6.45) is 1.17. The van der Waals surface area contributed by atoms with Crippen LogP contribution >= 0.6 is 0 Å². The number of benzene rings is 1. The van der Waals surface area contributed by atoms with Gasteiger partial charge in [0.2, 0.25) is 5.91 Å². The Morgan fingerprint density at radius 1 is 1.33 bits per heavy atom. The minimum absolute atomic E-state index is 0.0126. The van der Waals surface area contributed by atoms with Crippen molar-refractivity contribution in [2.24, 2.45) is 0 Å². The summed E-state index contributed by atoms with van der Waals surface area (Å²) in [4.78, 5) is 24.3. The smallest absolute Gasteiger partial charge is 0.324 e. The van der Waals surface area contributed by atoms with Crippen molar-refractivity contribution in [2.75, 3.05) is 13.1 Å². The van der Waals surface area contributed by atoms with E-state index in [1.54, 1.807) is 4.90 Å². The number of hydrogen-bond donors (Lipinski definition) is 1. The van der Waals surface area contributed by atoms with Crippen LogP contribution in [0.5, 0.6) is 5.75 Å². The fourth-order valence-electron chi connectivity index (χ4n) is 2.37. The first kappa shape index (κ1) is 11.1. The molecule has 1 fully saturated rings. The minimum Gasteiger partial charge on any atom is -0.488 e. The van der Waals surface area contributed by atoms with Crippen LogP contribution in [0.15, 0.2) is 24.3 Å². The molecule has 0 saturated carbocycles. The normalized spacial score (nSPS) is 22.4. The largest absolute Gasteiger partial charge is 0.488 e. The second-order valence-corrected chi connectivity index (χ2v) is 4.60. The molecule has 0 aromatic heterocycles. The van der Waals surface area contributed by atoms with Gasteiger partial charge in [0.1, 0.15) is 11.9 Å². The topological polar surface area (TPSA) is 58.6 Å². The molecule has 0 radical (unpaired) electrons. The highest BCUT2D eigenvalue weighted by Gasteiger charge is 2.29. The molecule has 1 atom stereocenters. The molecule has 1 aromatic carbocycles. The molecule has 0 spiro atoms. The van der Waals surface area contributed by atoms with Crippen LogP contribution in [0, 0.1) is 0 Å². The van der Waals surface area contributed by atoms with E-state index in [0.717, 1.165) is 12.2 Å². The maximum absolute atomic E-state index is 11.6. The maximum Gasteiger partial charge on any atom is 0.324 e. The van der Waals surface area contributed by atoms with Gasteiger partial charge in [-0.3, -0.25) is 10.1 Å². The molecule has 2 aliphatic rings. The number of amides is 3. The summed E-state index contributed by atoms with van der Waals surface area (Å²) < 4.78 is 5.78. The van der Waals surface area contributed by atoms with E-state index >= 15 is 0 Å². The van der Waals surface area contributed by atoms with E-state index in [4.69, 9.17) is 4.74 Å². The van der Waals surface area contributed by atoms with Gasteiger partial charge in [-0.15, -0.1) is 0 Å². The van der Waals surface area contributed by atoms with Gasteiger partial charge in [0, 0.05) is 19.4 Å². The molecule has 3 rings (SSSR count). The number of ether oxygens (including phenoxy) is 1. The Labute approximate surface area is 105 Å². The molecule has 1 saturated heterocycles. The van der Waals surface area contributed by atoms with Crippen LogP contribution in [0.4, 0.5) is 4.79 Å². The number of carbonyl (C=O) groups is 2. The lowest BCUT2D eigenvalue weighted by Crippen LogP contribution is -2.52. The molecular weight excluding hydrogens is 232 g/mol. The summed E-state index contributed by atoms with van der Waals surface area (Å²) in [5, 5.41) is 2.32. The summed E-state index contributed by atoms with van der Waals surface area (Å²) in [6, 6.07) is 7.58. The fraction of sp³-hybridized carbons (Fsp3) is 0.385. The third kappa shape index (κ3) is 2.03. The number of hydrogen-bond acceptors (Lipinski definition) is 3. The molecule has 0 aliphatic carbocycles. The molecule has 2 aliphatic heterocycles. The van der Waals surface area contributed by atoms with Crippen molar-refractivity contribution in [1.29, 1.82) is 0 Å². The van der Waals surface area contributed by atoms with Crippen molar-refractivity contribution < 1.29 is 14.3 Å². The Hall–Kier alpha value is -2.04. The van der Waals surface area contributed by atoms with E-state index in [0.29, 0.717) is 19.5 Å². The van der Waals surface area contributed by atoms with Gasteiger partial charge in [-0.2, -0.15) is 0 Å². The second-order valence-electron chi connectivity index (χ2n) is 4.60. The number of nitrogens with zero attached hydrogens (tertiary/aromatic N) is 1. The quantitative estimate of drug-likeness (QED) is 0.844. The Morgan fingerprint density at radius 2 is 2.17 bits per heavy atom. The van der Waals surface area contributed by atoms with Crippen molar-refractivity contribution in [3.8, 4) is 5.75 Å². The predicted molar refractivity (Wildman–Crippen MR) is 64.3 cm³/mol. The molecule has 1 N–H and O–H groups in total. The van der Waals surface area contributed by atoms with Gasteiger partial charge in [-0.25, -0.2) is 4.79 Å². The van der Waals surface area contributed by atoms with Crippen LogP contribution in [-0.2, 0) is 11.2 Å². The summed E-state index contributed by atoms with van der Waals surface area (Å²) >= 11 is 0. The summed E-state index contributed by atoms with van der Waals surface area (Å²) in [5.41, 5.74) is 1.18. The Morgan fingerprint density at radius 3 is 2.94 bits per heavy atom. The Balaban J connectivity index is 1.63. The lowest BCUT2D eigenvalue weighted by Gasteiger charge is -2.28. The summed E-state index contributed by atoms with van der Waals surface area (Å²) in [6.45, 7) is 0.995. The third-order valence-corrected chi connectivity index (χ3v) is 3.28. The zero-order valence-corrected chi connectivity index (χ0v) is 9.89. The molecule has 1 unspecified atom stereocenters. The number of nitrogens with one attached hydrogen (secondary N) is 1. The van der Waals surface area contributed by atoms with Crippen molar-refractivity contribution in [3.05, 3.63) is 29.8 Å². The predicted octanol–water partition coefficient (Wildman–Crippen LogP) is 0.932. The molecule has 0 bridgehead atoms. The molecule has 18 heavy (non-hydrogen) atoms. The van der Waals surface area contributed by atoms with Gasteiger partial charge in [-0.05, 0) is 11.6 Å². The fourth-order valence-corrected chi connectivity index (χ4v) is 2.37. The zero-order valence-electron chi connectivity index (χ0n) is 9.89. The maximum atomic E-state index is 11.6. The molecular formula is C13H14N2O3. The number of fused-ring (bicyclic) bond motifs is 1. The van der Waals surface area contributed by atoms with E-state index in [-0.39, 0.29) is 18.0 Å². The highest BCUT2D eigenvalue weighted by Crippen LogP contribution is 2.28. The van der Waals surface area contributed by atoms with Gasteiger partial charge in [0.25, 0.3) is 0 Å². The molecule has 5 heteroatoms. The first-order chi connectivity index (χ1) is 8.72. The standard InChI is InChI=1S/C13H14N2O3/c16-12-5-6-15(13(17)14-12)8-10-7-9-3-1-2-4-11(9)18-10/h1-4,10H,5-8H2,(H,14,16,17). The van der Waals surface area contributed by atoms with E-state index in [2.05, 4.69) is 5.32 Å². The van der Waals surface area contributed by atoms with Crippen LogP contribution in [0.3, 0.4) is 0 Å². The van der Waals surface area contributed by atoms with Gasteiger partial charge in [-0.1, -0.05) is 18.2 Å². The molecule has 2 heterocycles. The molecule has 3 amide bonds. The van der Waals surface area contributed by atoms with Crippen molar-refractivity contribution in [1.82, 2.24) is 10.2 Å². The van der Waals surface area contributed by atoms with Crippen LogP contribution in [0.1, 0.15) is 12.0 Å². The van der Waals surface area contributed by atoms with E-state index < -0.39 is 0 Å². The average Bonchev–Trinajstić information content (AvgIpc) is 2.75. The first-order valence-electron chi connectivity index (χ1n) is 6.06. The average molecular weight is 246 g/mol. The van der Waals surface area contributed by atoms with E-state index in [9.17, 15) is 9.59 Å². The highest BCUT2D eigenvalue weighted by molar-refractivity contribution is 5.96. The number of carbonyl (C=O) groups excluding carboxylic acids is 2. The zero-order chi connectivity index (χ0) is 12.5. The summed E-state index contributed by atoms with van der Waals surface area (Å²) in [7, 11) is 0. The van der Waals surface area contributed by atoms with Crippen molar-refractivity contribution in [3.63, 3.8) is 0 Å². The third-order valence-electron chi connectivity index (χ3n) is 3.28. The monoisotopic (exact) mass is 246 g/mol.